The summed E-state index contributed by atoms with van der Waals surface area (Å²) in [7, 11) is -4.20. The number of H-pyrrole nitrogens is 1. The van der Waals surface area contributed by atoms with Crippen molar-refractivity contribution in [3.05, 3.63) is 59.5 Å². The first-order chi connectivity index (χ1) is 17.7. The van der Waals surface area contributed by atoms with Crippen molar-refractivity contribution >= 4 is 26.7 Å². The predicted molar refractivity (Wildman–Crippen MR) is 133 cm³/mol. The van der Waals surface area contributed by atoms with Gasteiger partial charge in [0.15, 0.2) is 11.5 Å². The highest BCUT2D eigenvalue weighted by Gasteiger charge is 2.24. The van der Waals surface area contributed by atoms with Crippen LogP contribution < -0.4 is 9.46 Å². The lowest BCUT2D eigenvalue weighted by molar-refractivity contribution is 0.0652. The van der Waals surface area contributed by atoms with Gasteiger partial charge in [-0.1, -0.05) is 0 Å². The molecule has 1 aliphatic rings. The number of aromatic amines is 1. The first-order valence-corrected chi connectivity index (χ1v) is 13.1. The number of fused-ring (bicyclic) bond motifs is 1. The molecule has 1 aliphatic carbocycles. The first-order valence-electron chi connectivity index (χ1n) is 11.6. The summed E-state index contributed by atoms with van der Waals surface area (Å²) in [5.41, 5.74) is 1.85. The number of nitriles is 1. The van der Waals surface area contributed by atoms with E-state index < -0.39 is 20.7 Å². The Morgan fingerprint density at radius 3 is 2.57 bits per heavy atom. The van der Waals surface area contributed by atoms with Gasteiger partial charge in [0.2, 0.25) is 5.88 Å². The van der Waals surface area contributed by atoms with E-state index >= 15 is 0 Å². The highest BCUT2D eigenvalue weighted by atomic mass is 32.2. The molecule has 3 N–H and O–H groups in total. The average molecular weight is 523 g/mol. The standard InChI is InChI=1S/C25H23FN6O4S/c1-14-22-24(31-30-14)28-23(29-25(22)36-20-10-8-19(33)9-11-20)15-3-6-18(7-4-15)32-37(34,35)21-12-17(26)5-2-16(21)13-27/h2-7,12,19-20,32-33H,8-11H2,1H3,(H,28,29,30,31). The summed E-state index contributed by atoms with van der Waals surface area (Å²) in [5, 5.41) is 26.8. The third kappa shape index (κ3) is 5.09. The molecule has 0 bridgehead atoms. The molecule has 0 aliphatic heterocycles. The predicted octanol–water partition coefficient (Wildman–Crippen LogP) is 3.82. The number of anilines is 1. The summed E-state index contributed by atoms with van der Waals surface area (Å²) >= 11 is 0. The molecular formula is C25H23FN6O4S. The fraction of sp³-hybridized carbons (Fsp3) is 0.280. The van der Waals surface area contributed by atoms with Gasteiger partial charge in [-0.25, -0.2) is 17.8 Å². The van der Waals surface area contributed by atoms with Gasteiger partial charge in [-0.15, -0.1) is 0 Å². The van der Waals surface area contributed by atoms with Gasteiger partial charge in [0.05, 0.1) is 11.7 Å². The molecule has 1 fully saturated rings. The van der Waals surface area contributed by atoms with Crippen LogP contribution in [0.1, 0.15) is 36.9 Å². The van der Waals surface area contributed by atoms with Crippen LogP contribution in [0.5, 0.6) is 5.88 Å². The Hall–Kier alpha value is -4.08. The second-order valence-electron chi connectivity index (χ2n) is 8.88. The second-order valence-corrected chi connectivity index (χ2v) is 10.5. The summed E-state index contributed by atoms with van der Waals surface area (Å²) in [6.45, 7) is 1.85. The Balaban J connectivity index is 1.42. The van der Waals surface area contributed by atoms with Gasteiger partial charge in [-0.3, -0.25) is 9.82 Å². The van der Waals surface area contributed by atoms with E-state index in [0.717, 1.165) is 23.9 Å². The SMILES string of the molecule is Cc1[nH]nc2nc(-c3ccc(NS(=O)(=O)c4cc(F)ccc4C#N)cc3)nc(OC3CCC(O)CC3)c12. The summed E-state index contributed by atoms with van der Waals surface area (Å²) in [5.74, 6) is -0.0259. The second kappa shape index (κ2) is 9.76. The van der Waals surface area contributed by atoms with Crippen molar-refractivity contribution in [3.63, 3.8) is 0 Å². The molecule has 0 unspecified atom stereocenters. The van der Waals surface area contributed by atoms with E-state index in [9.17, 15) is 23.2 Å². The molecule has 1 saturated carbocycles. The highest BCUT2D eigenvalue weighted by molar-refractivity contribution is 7.92. The number of benzene rings is 2. The third-order valence-electron chi connectivity index (χ3n) is 6.23. The van der Waals surface area contributed by atoms with Gasteiger partial charge in [0, 0.05) is 16.9 Å². The molecule has 0 spiro atoms. The lowest BCUT2D eigenvalue weighted by atomic mass is 9.95. The fourth-order valence-corrected chi connectivity index (χ4v) is 5.50. The number of aromatic nitrogens is 4. The molecule has 5 rings (SSSR count). The van der Waals surface area contributed by atoms with Crippen molar-refractivity contribution in [1.82, 2.24) is 20.2 Å². The Bertz CT molecular complexity index is 1610. The van der Waals surface area contributed by atoms with Crippen LogP contribution in [0, 0.1) is 24.1 Å². The topological polar surface area (TPSA) is 154 Å². The van der Waals surface area contributed by atoms with Crippen molar-refractivity contribution in [2.75, 3.05) is 4.72 Å². The minimum atomic E-state index is -4.20. The van der Waals surface area contributed by atoms with Crippen LogP contribution in [0.3, 0.4) is 0 Å². The van der Waals surface area contributed by atoms with Crippen LogP contribution in [-0.4, -0.2) is 45.9 Å². The number of nitrogens with one attached hydrogen (secondary N) is 2. The molecule has 10 nitrogen and oxygen atoms in total. The van der Waals surface area contributed by atoms with Crippen molar-refractivity contribution in [2.45, 2.75) is 49.7 Å². The zero-order chi connectivity index (χ0) is 26.2. The van der Waals surface area contributed by atoms with Crippen molar-refractivity contribution < 1.29 is 22.7 Å². The van der Waals surface area contributed by atoms with Crippen molar-refractivity contribution in [2.24, 2.45) is 0 Å². The van der Waals surface area contributed by atoms with E-state index in [2.05, 4.69) is 24.9 Å². The molecule has 2 aromatic carbocycles. The number of hydrogen-bond acceptors (Lipinski definition) is 8. The normalized spacial score (nSPS) is 17.9. The minimum absolute atomic E-state index is 0.0819. The Labute approximate surface area is 212 Å². The lowest BCUT2D eigenvalue weighted by Crippen LogP contribution is -2.27. The zero-order valence-corrected chi connectivity index (χ0v) is 20.6. The Kier molecular flexibility index (Phi) is 6.49. The van der Waals surface area contributed by atoms with E-state index in [1.807, 2.05) is 6.92 Å². The van der Waals surface area contributed by atoms with Crippen LogP contribution in [0.2, 0.25) is 0 Å². The molecule has 2 aromatic heterocycles. The monoisotopic (exact) mass is 522 g/mol. The van der Waals surface area contributed by atoms with Gasteiger partial charge in [-0.05, 0) is 75.1 Å². The average Bonchev–Trinajstić information content (AvgIpc) is 3.26. The minimum Gasteiger partial charge on any atom is -0.474 e. The third-order valence-corrected chi connectivity index (χ3v) is 7.65. The molecule has 12 heteroatoms. The van der Waals surface area contributed by atoms with Crippen LogP contribution >= 0.6 is 0 Å². The first kappa shape index (κ1) is 24.6. The fourth-order valence-electron chi connectivity index (χ4n) is 4.27. The number of aryl methyl sites for hydroxylation is 1. The van der Waals surface area contributed by atoms with Crippen molar-refractivity contribution in [3.8, 4) is 23.3 Å². The number of sulfonamides is 1. The molecular weight excluding hydrogens is 499 g/mol. The van der Waals surface area contributed by atoms with Crippen molar-refractivity contribution in [1.29, 1.82) is 5.26 Å². The van der Waals surface area contributed by atoms with E-state index in [1.165, 1.54) is 12.1 Å². The summed E-state index contributed by atoms with van der Waals surface area (Å²) in [6.07, 6.45) is 2.37. The van der Waals surface area contributed by atoms with Gasteiger partial charge >= 0.3 is 0 Å². The molecule has 190 valence electrons. The van der Waals surface area contributed by atoms with E-state index in [4.69, 9.17) is 4.74 Å². The molecule has 0 amide bonds. The molecule has 4 aromatic rings. The molecule has 37 heavy (non-hydrogen) atoms. The van der Waals surface area contributed by atoms with Crippen LogP contribution in [0.25, 0.3) is 22.4 Å². The summed E-state index contributed by atoms with van der Waals surface area (Å²) < 4.78 is 47.8. The number of hydrogen-bond donors (Lipinski definition) is 3. The van der Waals surface area contributed by atoms with Gasteiger partial charge in [-0.2, -0.15) is 15.3 Å². The Morgan fingerprint density at radius 1 is 1.14 bits per heavy atom. The zero-order valence-electron chi connectivity index (χ0n) is 19.8. The largest absolute Gasteiger partial charge is 0.474 e. The van der Waals surface area contributed by atoms with Crippen LogP contribution in [-0.2, 0) is 10.0 Å². The molecule has 0 radical (unpaired) electrons. The number of aliphatic hydroxyl groups is 1. The number of rotatable bonds is 6. The van der Waals surface area contributed by atoms with E-state index in [-0.39, 0.29) is 23.5 Å². The number of nitrogens with zero attached hydrogens (tertiary/aromatic N) is 4. The maximum absolute atomic E-state index is 13.7. The lowest BCUT2D eigenvalue weighted by Gasteiger charge is -2.26. The highest BCUT2D eigenvalue weighted by Crippen LogP contribution is 2.31. The van der Waals surface area contributed by atoms with E-state index in [1.54, 1.807) is 18.2 Å². The summed E-state index contributed by atoms with van der Waals surface area (Å²) in [6, 6.07) is 11.0. The summed E-state index contributed by atoms with van der Waals surface area (Å²) in [4.78, 5) is 8.71. The van der Waals surface area contributed by atoms with Crippen LogP contribution in [0.15, 0.2) is 47.4 Å². The maximum atomic E-state index is 13.7. The smallest absolute Gasteiger partial charge is 0.263 e. The van der Waals surface area contributed by atoms with E-state index in [0.29, 0.717) is 54.0 Å². The van der Waals surface area contributed by atoms with Gasteiger partial charge in [0.1, 0.15) is 28.3 Å². The number of aliphatic hydroxyl groups excluding tert-OH is 1. The van der Waals surface area contributed by atoms with Gasteiger partial charge < -0.3 is 9.84 Å². The number of halogens is 1. The maximum Gasteiger partial charge on any atom is 0.263 e. The molecule has 2 heterocycles. The van der Waals surface area contributed by atoms with Crippen LogP contribution in [0.4, 0.5) is 10.1 Å². The molecule has 0 saturated heterocycles. The quantitative estimate of drug-likeness (QED) is 0.345. The molecule has 0 atom stereocenters. The van der Waals surface area contributed by atoms with Gasteiger partial charge in [0.25, 0.3) is 10.0 Å². The Morgan fingerprint density at radius 2 is 1.86 bits per heavy atom. The number of ether oxygens (including phenoxy) is 1.